The minimum absolute atomic E-state index is 0.374. The van der Waals surface area contributed by atoms with Crippen molar-refractivity contribution in [2.24, 2.45) is 5.41 Å². The quantitative estimate of drug-likeness (QED) is 0.812. The third-order valence-corrected chi connectivity index (χ3v) is 6.16. The van der Waals surface area contributed by atoms with Crippen molar-refractivity contribution in [3.63, 3.8) is 0 Å². The summed E-state index contributed by atoms with van der Waals surface area (Å²) < 4.78 is 0. The van der Waals surface area contributed by atoms with Crippen LogP contribution in [0.25, 0.3) is 0 Å². The third-order valence-electron chi connectivity index (χ3n) is 6.16. The maximum atomic E-state index is 6.30. The molecule has 4 rings (SSSR count). The van der Waals surface area contributed by atoms with Gasteiger partial charge < -0.3 is 4.90 Å². The second-order valence-corrected chi connectivity index (χ2v) is 7.82. The molecule has 3 nitrogen and oxygen atoms in total. The number of piperidine rings is 1. The third kappa shape index (κ3) is 3.41. The average Bonchev–Trinajstić information content (AvgIpc) is 2.64. The van der Waals surface area contributed by atoms with Crippen molar-refractivity contribution >= 4 is 5.69 Å². The van der Waals surface area contributed by atoms with Gasteiger partial charge in [0.15, 0.2) is 0 Å². The lowest BCUT2D eigenvalue weighted by Gasteiger charge is -2.49. The van der Waals surface area contributed by atoms with E-state index in [1.807, 2.05) is 0 Å². The summed E-state index contributed by atoms with van der Waals surface area (Å²) in [4.78, 5) is 8.87. The van der Waals surface area contributed by atoms with E-state index in [9.17, 15) is 0 Å². The molecule has 2 saturated heterocycles. The van der Waals surface area contributed by atoms with Crippen molar-refractivity contribution < 1.29 is 4.84 Å². The zero-order valence-corrected chi connectivity index (χ0v) is 14.3. The van der Waals surface area contributed by atoms with Crippen LogP contribution in [0, 0.1) is 5.41 Å². The molecule has 2 heterocycles. The molecule has 1 aliphatic carbocycles. The molecule has 1 atom stereocenters. The van der Waals surface area contributed by atoms with Crippen LogP contribution in [0.5, 0.6) is 0 Å². The second-order valence-electron chi connectivity index (χ2n) is 7.82. The maximum Gasteiger partial charge on any atom is 0.0758 e. The van der Waals surface area contributed by atoms with Gasteiger partial charge in [-0.3, -0.25) is 4.84 Å². The first-order chi connectivity index (χ1) is 11.3. The van der Waals surface area contributed by atoms with Crippen LogP contribution < -0.4 is 4.90 Å². The van der Waals surface area contributed by atoms with Gasteiger partial charge in [-0.1, -0.05) is 37.5 Å². The van der Waals surface area contributed by atoms with Crippen molar-refractivity contribution in [2.75, 3.05) is 31.1 Å². The lowest BCUT2D eigenvalue weighted by Crippen LogP contribution is -2.53. The SMILES string of the molecule is c1ccc(N2CCCC3(CCN(C4CCCCC4)OC3)C2)cc1. The molecule has 1 saturated carbocycles. The van der Waals surface area contributed by atoms with E-state index in [2.05, 4.69) is 40.3 Å². The van der Waals surface area contributed by atoms with Gasteiger partial charge in [-0.2, -0.15) is 5.06 Å². The number of hydrogen-bond donors (Lipinski definition) is 0. The monoisotopic (exact) mass is 314 g/mol. The van der Waals surface area contributed by atoms with Gasteiger partial charge in [-0.05, 0) is 44.2 Å². The van der Waals surface area contributed by atoms with Crippen LogP contribution in [0.15, 0.2) is 30.3 Å². The largest absolute Gasteiger partial charge is 0.371 e. The Labute approximate surface area is 140 Å². The number of anilines is 1. The molecule has 3 heteroatoms. The fourth-order valence-corrected chi connectivity index (χ4v) is 4.75. The van der Waals surface area contributed by atoms with Crippen LogP contribution in [0.1, 0.15) is 51.4 Å². The summed E-state index contributed by atoms with van der Waals surface area (Å²) in [7, 11) is 0. The Morgan fingerprint density at radius 3 is 2.48 bits per heavy atom. The fraction of sp³-hybridized carbons (Fsp3) is 0.700. The zero-order chi connectivity index (χ0) is 15.5. The Bertz CT molecular complexity index is 490. The molecule has 0 aromatic heterocycles. The summed E-state index contributed by atoms with van der Waals surface area (Å²) >= 11 is 0. The van der Waals surface area contributed by atoms with E-state index in [4.69, 9.17) is 4.84 Å². The predicted octanol–water partition coefficient (Wildman–Crippen LogP) is 4.24. The number of benzene rings is 1. The summed E-state index contributed by atoms with van der Waals surface area (Å²) in [6.45, 7) is 4.41. The number of nitrogens with zero attached hydrogens (tertiary/aromatic N) is 2. The van der Waals surface area contributed by atoms with E-state index in [0.29, 0.717) is 11.5 Å². The first-order valence-electron chi connectivity index (χ1n) is 9.54. The number of hydroxylamine groups is 2. The minimum atomic E-state index is 0.374. The van der Waals surface area contributed by atoms with Gasteiger partial charge in [0.25, 0.3) is 0 Å². The fourth-order valence-electron chi connectivity index (χ4n) is 4.75. The molecule has 0 radical (unpaired) electrons. The molecular weight excluding hydrogens is 284 g/mol. The van der Waals surface area contributed by atoms with Crippen LogP contribution >= 0.6 is 0 Å². The van der Waals surface area contributed by atoms with Crippen molar-refractivity contribution in [1.29, 1.82) is 0 Å². The van der Waals surface area contributed by atoms with Crippen molar-refractivity contribution in [1.82, 2.24) is 5.06 Å². The molecule has 0 N–H and O–H groups in total. The zero-order valence-electron chi connectivity index (χ0n) is 14.3. The van der Waals surface area contributed by atoms with Crippen molar-refractivity contribution in [3.05, 3.63) is 30.3 Å². The van der Waals surface area contributed by atoms with Crippen LogP contribution in [-0.2, 0) is 4.84 Å². The summed E-state index contributed by atoms with van der Waals surface area (Å²) in [6.07, 6.45) is 10.8. The topological polar surface area (TPSA) is 15.7 Å². The van der Waals surface area contributed by atoms with Crippen LogP contribution in [0.2, 0.25) is 0 Å². The molecule has 126 valence electrons. The van der Waals surface area contributed by atoms with E-state index in [1.165, 1.54) is 63.6 Å². The van der Waals surface area contributed by atoms with Gasteiger partial charge in [-0.15, -0.1) is 0 Å². The molecule has 3 aliphatic rings. The van der Waals surface area contributed by atoms with Gasteiger partial charge in [0.2, 0.25) is 0 Å². The molecule has 1 aromatic rings. The molecule has 1 unspecified atom stereocenters. The van der Waals surface area contributed by atoms with Crippen LogP contribution in [0.4, 0.5) is 5.69 Å². The highest BCUT2D eigenvalue weighted by Crippen LogP contribution is 2.39. The van der Waals surface area contributed by atoms with Crippen molar-refractivity contribution in [2.45, 2.75) is 57.4 Å². The highest BCUT2D eigenvalue weighted by molar-refractivity contribution is 5.46. The van der Waals surface area contributed by atoms with Crippen LogP contribution in [0.3, 0.4) is 0 Å². The molecule has 0 amide bonds. The highest BCUT2D eigenvalue weighted by atomic mass is 16.7. The molecule has 23 heavy (non-hydrogen) atoms. The van der Waals surface area contributed by atoms with E-state index in [1.54, 1.807) is 0 Å². The van der Waals surface area contributed by atoms with Gasteiger partial charge in [-0.25, -0.2) is 0 Å². The summed E-state index contributed by atoms with van der Waals surface area (Å²) in [6, 6.07) is 11.6. The Balaban J connectivity index is 1.38. The normalized spacial score (nSPS) is 30.7. The first kappa shape index (κ1) is 15.5. The highest BCUT2D eigenvalue weighted by Gasteiger charge is 2.40. The summed E-state index contributed by atoms with van der Waals surface area (Å²) in [5.41, 5.74) is 1.75. The van der Waals surface area contributed by atoms with Gasteiger partial charge in [0.05, 0.1) is 6.61 Å². The Morgan fingerprint density at radius 2 is 1.74 bits per heavy atom. The standard InChI is InChI=1S/C20H30N2O/c1-3-8-18(9-4-1)21-14-7-12-20(16-21)13-15-22(23-17-20)19-10-5-2-6-11-19/h1,3-4,8-9,19H,2,5-7,10-17H2. The van der Waals surface area contributed by atoms with E-state index in [0.717, 1.165) is 19.7 Å². The second kappa shape index (κ2) is 6.82. The van der Waals surface area contributed by atoms with E-state index >= 15 is 0 Å². The molecule has 1 aromatic carbocycles. The smallest absolute Gasteiger partial charge is 0.0758 e. The van der Waals surface area contributed by atoms with Crippen LogP contribution in [-0.4, -0.2) is 37.3 Å². The lowest BCUT2D eigenvalue weighted by molar-refractivity contribution is -0.245. The van der Waals surface area contributed by atoms with Gasteiger partial charge in [0.1, 0.15) is 0 Å². The average molecular weight is 314 g/mol. The number of hydrogen-bond acceptors (Lipinski definition) is 3. The first-order valence-corrected chi connectivity index (χ1v) is 9.54. The molecule has 1 spiro atoms. The summed E-state index contributed by atoms with van der Waals surface area (Å²) in [5, 5.41) is 2.34. The Hall–Kier alpha value is -1.06. The van der Waals surface area contributed by atoms with Gasteiger partial charge >= 0.3 is 0 Å². The van der Waals surface area contributed by atoms with E-state index < -0.39 is 0 Å². The Morgan fingerprint density at radius 1 is 0.913 bits per heavy atom. The number of rotatable bonds is 2. The minimum Gasteiger partial charge on any atom is -0.371 e. The number of para-hydroxylation sites is 1. The molecule has 3 fully saturated rings. The Kier molecular flexibility index (Phi) is 4.59. The van der Waals surface area contributed by atoms with E-state index in [-0.39, 0.29) is 0 Å². The molecular formula is C20H30N2O. The maximum absolute atomic E-state index is 6.30. The van der Waals surface area contributed by atoms with Gasteiger partial charge in [0, 0.05) is 36.8 Å². The predicted molar refractivity (Wildman–Crippen MR) is 94.5 cm³/mol. The van der Waals surface area contributed by atoms with Crippen molar-refractivity contribution in [3.8, 4) is 0 Å². The molecule has 2 aliphatic heterocycles. The molecule has 0 bridgehead atoms. The summed E-state index contributed by atoms with van der Waals surface area (Å²) in [5.74, 6) is 0. The lowest BCUT2D eigenvalue weighted by atomic mass is 9.76.